The molecule has 0 radical (unpaired) electrons. The lowest BCUT2D eigenvalue weighted by Gasteiger charge is -2.24. The molecule has 1 amide bonds. The monoisotopic (exact) mass is 406 g/mol. The Kier molecular flexibility index (Phi) is 5.11. The predicted molar refractivity (Wildman–Crippen MR) is 113 cm³/mol. The van der Waals surface area contributed by atoms with Gasteiger partial charge in [-0.25, -0.2) is 8.42 Å². The van der Waals surface area contributed by atoms with Gasteiger partial charge in [-0.3, -0.25) is 9.10 Å². The normalized spacial score (nSPS) is 15.8. The summed E-state index contributed by atoms with van der Waals surface area (Å²) in [5.74, 6) is -0.173. The van der Waals surface area contributed by atoms with Crippen molar-refractivity contribution in [1.82, 2.24) is 5.32 Å². The maximum Gasteiger partial charge on any atom is 0.264 e. The van der Waals surface area contributed by atoms with Crippen molar-refractivity contribution in [3.63, 3.8) is 0 Å². The molecule has 0 saturated carbocycles. The van der Waals surface area contributed by atoms with E-state index < -0.39 is 10.0 Å². The second-order valence-corrected chi connectivity index (χ2v) is 8.99. The Hall–Kier alpha value is -3.12. The Morgan fingerprint density at radius 1 is 1.00 bits per heavy atom. The van der Waals surface area contributed by atoms with Crippen LogP contribution in [0, 0.1) is 0 Å². The number of nitrogens with zero attached hydrogens (tertiary/aromatic N) is 1. The molecular formula is C23H22N2O3S. The van der Waals surface area contributed by atoms with Gasteiger partial charge in [0, 0.05) is 18.2 Å². The van der Waals surface area contributed by atoms with Gasteiger partial charge in [0.15, 0.2) is 0 Å². The van der Waals surface area contributed by atoms with Crippen LogP contribution >= 0.6 is 0 Å². The van der Waals surface area contributed by atoms with Gasteiger partial charge in [0.1, 0.15) is 0 Å². The zero-order valence-corrected chi connectivity index (χ0v) is 16.9. The molecule has 3 aromatic carbocycles. The Bertz CT molecular complexity index is 1130. The third kappa shape index (κ3) is 3.76. The van der Waals surface area contributed by atoms with Crippen LogP contribution in [0.3, 0.4) is 0 Å². The summed E-state index contributed by atoms with van der Waals surface area (Å²) < 4.78 is 27.7. The van der Waals surface area contributed by atoms with Crippen molar-refractivity contribution >= 4 is 21.6 Å². The highest BCUT2D eigenvalue weighted by molar-refractivity contribution is 7.92. The van der Waals surface area contributed by atoms with E-state index in [1.165, 1.54) is 4.31 Å². The smallest absolute Gasteiger partial charge is 0.264 e. The standard InChI is InChI=1S/C23H22N2O3S/c1-17-14-20-15-19(23(26)24-16-18-8-4-2-5-9-18)12-13-22(20)25(17)29(27,28)21-10-6-3-7-11-21/h2-13,15,17H,14,16H2,1H3,(H,24,26)/t17-/m1/s1. The number of carbonyl (C=O) groups excluding carboxylic acids is 1. The van der Waals surface area contributed by atoms with Gasteiger partial charge in [0.2, 0.25) is 0 Å². The molecular weight excluding hydrogens is 384 g/mol. The van der Waals surface area contributed by atoms with Gasteiger partial charge >= 0.3 is 0 Å². The molecule has 1 aliphatic heterocycles. The number of fused-ring (bicyclic) bond motifs is 1. The summed E-state index contributed by atoms with van der Waals surface area (Å²) in [6.45, 7) is 2.33. The molecule has 1 N–H and O–H groups in total. The van der Waals surface area contributed by atoms with E-state index in [1.807, 2.05) is 37.3 Å². The van der Waals surface area contributed by atoms with E-state index in [0.717, 1.165) is 11.1 Å². The van der Waals surface area contributed by atoms with E-state index in [4.69, 9.17) is 0 Å². The van der Waals surface area contributed by atoms with Crippen molar-refractivity contribution in [2.75, 3.05) is 4.31 Å². The first-order valence-electron chi connectivity index (χ1n) is 9.51. The quantitative estimate of drug-likeness (QED) is 0.702. The molecule has 0 aromatic heterocycles. The van der Waals surface area contributed by atoms with E-state index in [-0.39, 0.29) is 16.8 Å². The van der Waals surface area contributed by atoms with Crippen molar-refractivity contribution in [3.8, 4) is 0 Å². The number of rotatable bonds is 5. The maximum atomic E-state index is 13.1. The molecule has 1 aliphatic rings. The molecule has 29 heavy (non-hydrogen) atoms. The molecule has 1 atom stereocenters. The Labute approximate surface area is 171 Å². The van der Waals surface area contributed by atoms with Gasteiger partial charge in [0.05, 0.1) is 10.6 Å². The van der Waals surface area contributed by atoms with E-state index in [1.54, 1.807) is 48.5 Å². The second-order valence-electron chi connectivity index (χ2n) is 7.18. The lowest BCUT2D eigenvalue weighted by atomic mass is 10.1. The number of benzene rings is 3. The minimum absolute atomic E-state index is 0.173. The fourth-order valence-corrected chi connectivity index (χ4v) is 5.41. The van der Waals surface area contributed by atoms with Gasteiger partial charge in [-0.05, 0) is 54.8 Å². The summed E-state index contributed by atoms with van der Waals surface area (Å²) in [4.78, 5) is 12.8. The summed E-state index contributed by atoms with van der Waals surface area (Å²) in [6, 6.07) is 23.1. The fraction of sp³-hybridized carbons (Fsp3) is 0.174. The van der Waals surface area contributed by atoms with Gasteiger partial charge in [-0.15, -0.1) is 0 Å². The molecule has 0 unspecified atom stereocenters. The molecule has 1 heterocycles. The summed E-state index contributed by atoms with van der Waals surface area (Å²) in [7, 11) is -3.65. The first-order valence-corrected chi connectivity index (χ1v) is 11.0. The third-order valence-electron chi connectivity index (χ3n) is 5.09. The number of anilines is 1. The molecule has 0 saturated heterocycles. The molecule has 148 valence electrons. The highest BCUT2D eigenvalue weighted by Gasteiger charge is 2.36. The van der Waals surface area contributed by atoms with Gasteiger partial charge < -0.3 is 5.32 Å². The minimum Gasteiger partial charge on any atom is -0.348 e. The van der Waals surface area contributed by atoms with Crippen LogP contribution < -0.4 is 9.62 Å². The number of nitrogens with one attached hydrogen (secondary N) is 1. The highest BCUT2D eigenvalue weighted by Crippen LogP contribution is 2.37. The number of sulfonamides is 1. The van der Waals surface area contributed by atoms with Crippen LogP contribution in [0.15, 0.2) is 83.8 Å². The molecule has 0 fully saturated rings. The van der Waals surface area contributed by atoms with E-state index in [9.17, 15) is 13.2 Å². The first-order chi connectivity index (χ1) is 14.0. The topological polar surface area (TPSA) is 66.5 Å². The molecule has 0 spiro atoms. The van der Waals surface area contributed by atoms with E-state index in [2.05, 4.69) is 5.32 Å². The number of hydrogen-bond acceptors (Lipinski definition) is 3. The number of carbonyl (C=O) groups is 1. The molecule has 6 heteroatoms. The Morgan fingerprint density at radius 2 is 1.66 bits per heavy atom. The zero-order valence-electron chi connectivity index (χ0n) is 16.1. The molecule has 0 bridgehead atoms. The minimum atomic E-state index is -3.65. The van der Waals surface area contributed by atoms with Gasteiger partial charge in [-0.2, -0.15) is 0 Å². The zero-order chi connectivity index (χ0) is 20.4. The van der Waals surface area contributed by atoms with Crippen molar-refractivity contribution in [1.29, 1.82) is 0 Å². The maximum absolute atomic E-state index is 13.1. The Balaban J connectivity index is 1.57. The van der Waals surface area contributed by atoms with Crippen LogP contribution in [-0.2, 0) is 23.0 Å². The largest absolute Gasteiger partial charge is 0.348 e. The SMILES string of the molecule is C[C@@H]1Cc2cc(C(=O)NCc3ccccc3)ccc2N1S(=O)(=O)c1ccccc1. The average molecular weight is 407 g/mol. The van der Waals surface area contributed by atoms with Crippen molar-refractivity contribution in [2.45, 2.75) is 30.8 Å². The van der Waals surface area contributed by atoms with Crippen LogP contribution in [0.4, 0.5) is 5.69 Å². The summed E-state index contributed by atoms with van der Waals surface area (Å²) >= 11 is 0. The van der Waals surface area contributed by atoms with Crippen molar-refractivity contribution < 1.29 is 13.2 Å². The first kappa shape index (κ1) is 19.2. The van der Waals surface area contributed by atoms with Crippen molar-refractivity contribution in [2.24, 2.45) is 0 Å². The summed E-state index contributed by atoms with van der Waals surface area (Å²) in [5, 5.41) is 2.91. The molecule has 4 rings (SSSR count). The lowest BCUT2D eigenvalue weighted by Crippen LogP contribution is -2.35. The second kappa shape index (κ2) is 7.72. The molecule has 0 aliphatic carbocycles. The number of hydrogen-bond donors (Lipinski definition) is 1. The van der Waals surface area contributed by atoms with Crippen LogP contribution in [0.25, 0.3) is 0 Å². The highest BCUT2D eigenvalue weighted by atomic mass is 32.2. The average Bonchev–Trinajstić information content (AvgIpc) is 3.09. The molecule has 3 aromatic rings. The van der Waals surface area contributed by atoms with Crippen LogP contribution in [-0.4, -0.2) is 20.4 Å². The van der Waals surface area contributed by atoms with Crippen LogP contribution in [0.5, 0.6) is 0 Å². The van der Waals surface area contributed by atoms with Crippen LogP contribution in [0.2, 0.25) is 0 Å². The number of amides is 1. The fourth-order valence-electron chi connectivity index (χ4n) is 3.70. The van der Waals surface area contributed by atoms with Gasteiger partial charge in [-0.1, -0.05) is 48.5 Å². The van der Waals surface area contributed by atoms with Crippen LogP contribution in [0.1, 0.15) is 28.4 Å². The lowest BCUT2D eigenvalue weighted by molar-refractivity contribution is 0.0951. The summed E-state index contributed by atoms with van der Waals surface area (Å²) in [6.07, 6.45) is 0.571. The van der Waals surface area contributed by atoms with E-state index in [0.29, 0.717) is 24.2 Å². The van der Waals surface area contributed by atoms with E-state index >= 15 is 0 Å². The Morgan fingerprint density at radius 3 is 2.34 bits per heavy atom. The molecule has 5 nitrogen and oxygen atoms in total. The predicted octanol–water partition coefficient (Wildman–Crippen LogP) is 3.76. The third-order valence-corrected chi connectivity index (χ3v) is 7.03. The summed E-state index contributed by atoms with van der Waals surface area (Å²) in [5.41, 5.74) is 3.06. The van der Waals surface area contributed by atoms with Crippen molar-refractivity contribution in [3.05, 3.63) is 95.6 Å². The van der Waals surface area contributed by atoms with Gasteiger partial charge in [0.25, 0.3) is 15.9 Å².